The van der Waals surface area contributed by atoms with Gasteiger partial charge in [0.2, 0.25) is 0 Å². The highest BCUT2D eigenvalue weighted by Crippen LogP contribution is 2.23. The molecule has 1 saturated heterocycles. The van der Waals surface area contributed by atoms with Crippen LogP contribution in [0.2, 0.25) is 0 Å². The highest BCUT2D eigenvalue weighted by molar-refractivity contribution is 5.87. The third kappa shape index (κ3) is 4.32. The first-order valence-corrected chi connectivity index (χ1v) is 6.20. The molecule has 0 spiro atoms. The van der Waals surface area contributed by atoms with Crippen molar-refractivity contribution >= 4 is 11.9 Å². The van der Waals surface area contributed by atoms with Crippen molar-refractivity contribution in [1.82, 2.24) is 5.32 Å². The normalized spacial score (nSPS) is 16.9. The summed E-state index contributed by atoms with van der Waals surface area (Å²) in [5.74, 6) is -2.19. The lowest BCUT2D eigenvalue weighted by molar-refractivity contribution is -0.181. The zero-order chi connectivity index (χ0) is 15.0. The first-order valence-electron chi connectivity index (χ1n) is 6.20. The van der Waals surface area contributed by atoms with Crippen LogP contribution in [-0.2, 0) is 23.8 Å². The Morgan fingerprint density at radius 2 is 2.05 bits per heavy atom. The summed E-state index contributed by atoms with van der Waals surface area (Å²) in [4.78, 5) is 23.1. The van der Waals surface area contributed by atoms with Gasteiger partial charge in [-0.25, -0.2) is 4.79 Å². The van der Waals surface area contributed by atoms with E-state index < -0.39 is 11.8 Å². The second-order valence-corrected chi connectivity index (χ2v) is 4.21. The van der Waals surface area contributed by atoms with E-state index >= 15 is 0 Å². The molecule has 1 fully saturated rings. The van der Waals surface area contributed by atoms with Gasteiger partial charge in [0.1, 0.15) is 0 Å². The molecule has 0 aromatic heterocycles. The summed E-state index contributed by atoms with van der Waals surface area (Å²) in [7, 11) is 0. The van der Waals surface area contributed by atoms with Gasteiger partial charge >= 0.3 is 5.97 Å². The van der Waals surface area contributed by atoms with E-state index in [1.165, 1.54) is 12.3 Å². The minimum absolute atomic E-state index is 0.188. The van der Waals surface area contributed by atoms with Gasteiger partial charge in [0.05, 0.1) is 19.5 Å². The summed E-state index contributed by atoms with van der Waals surface area (Å²) >= 11 is 0. The lowest BCUT2D eigenvalue weighted by Gasteiger charge is -2.24. The average molecular weight is 281 g/mol. The minimum Gasteiger partial charge on any atom is -0.431 e. The molecular formula is C14H19NO5. The van der Waals surface area contributed by atoms with E-state index in [2.05, 4.69) is 18.5 Å². The molecule has 20 heavy (non-hydrogen) atoms. The van der Waals surface area contributed by atoms with Crippen molar-refractivity contribution in [2.45, 2.75) is 19.1 Å². The molecule has 1 aliphatic rings. The molecule has 1 N–H and O–H groups in total. The first kappa shape index (κ1) is 16.1. The predicted molar refractivity (Wildman–Crippen MR) is 72.5 cm³/mol. The molecule has 0 atom stereocenters. The van der Waals surface area contributed by atoms with E-state index in [-0.39, 0.29) is 18.9 Å². The standard InChI is InChI=1S/C14H19NO5/c1-4-6-14(19-9-10-20-14)13(17)15-7-5-8-18-12(16)11(2)3/h4-5,8H,1-2,6-7,9-10H2,3H3,(H,15,17). The summed E-state index contributed by atoms with van der Waals surface area (Å²) in [5.41, 5.74) is 0.302. The molecule has 1 aliphatic heterocycles. The average Bonchev–Trinajstić information content (AvgIpc) is 2.88. The van der Waals surface area contributed by atoms with E-state index in [4.69, 9.17) is 14.2 Å². The number of carbonyl (C=O) groups is 2. The van der Waals surface area contributed by atoms with Gasteiger partial charge in [-0.15, -0.1) is 6.58 Å². The molecular weight excluding hydrogens is 262 g/mol. The molecule has 0 aromatic carbocycles. The highest BCUT2D eigenvalue weighted by atomic mass is 16.7. The van der Waals surface area contributed by atoms with Gasteiger partial charge < -0.3 is 19.5 Å². The van der Waals surface area contributed by atoms with Crippen LogP contribution in [0.4, 0.5) is 0 Å². The summed E-state index contributed by atoms with van der Waals surface area (Å²) in [6.45, 7) is 9.49. The van der Waals surface area contributed by atoms with Crippen LogP contribution < -0.4 is 5.32 Å². The third-order valence-electron chi connectivity index (χ3n) is 2.51. The SMILES string of the molecule is C=CCC1(C(=O)NCC=COC(=O)C(=C)C)OCCO1. The quantitative estimate of drug-likeness (QED) is 0.327. The second kappa shape index (κ2) is 7.62. The van der Waals surface area contributed by atoms with Crippen LogP contribution in [0.25, 0.3) is 0 Å². The highest BCUT2D eigenvalue weighted by Gasteiger charge is 2.43. The molecule has 6 heteroatoms. The maximum atomic E-state index is 12.0. The molecule has 0 bridgehead atoms. The van der Waals surface area contributed by atoms with Crippen molar-refractivity contribution in [2.75, 3.05) is 19.8 Å². The van der Waals surface area contributed by atoms with Crippen molar-refractivity contribution in [3.63, 3.8) is 0 Å². The molecule has 0 unspecified atom stereocenters. The molecule has 1 amide bonds. The van der Waals surface area contributed by atoms with Crippen LogP contribution in [0.1, 0.15) is 13.3 Å². The van der Waals surface area contributed by atoms with E-state index in [0.717, 1.165) is 0 Å². The summed E-state index contributed by atoms with van der Waals surface area (Å²) in [5, 5.41) is 2.62. The molecule has 0 radical (unpaired) electrons. The first-order chi connectivity index (χ1) is 9.52. The summed E-state index contributed by atoms with van der Waals surface area (Å²) in [6.07, 6.45) is 4.53. The number of nitrogens with one attached hydrogen (secondary N) is 1. The maximum absolute atomic E-state index is 12.0. The van der Waals surface area contributed by atoms with Crippen molar-refractivity contribution in [2.24, 2.45) is 0 Å². The Labute approximate surface area is 118 Å². The Bertz CT molecular complexity index is 421. The van der Waals surface area contributed by atoms with Crippen molar-refractivity contribution in [3.8, 4) is 0 Å². The van der Waals surface area contributed by atoms with Crippen LogP contribution in [0.3, 0.4) is 0 Å². The largest absolute Gasteiger partial charge is 0.431 e. The molecule has 6 nitrogen and oxygen atoms in total. The van der Waals surface area contributed by atoms with Gasteiger partial charge in [-0.2, -0.15) is 0 Å². The smallest absolute Gasteiger partial charge is 0.337 e. The zero-order valence-corrected chi connectivity index (χ0v) is 11.5. The van der Waals surface area contributed by atoms with Gasteiger partial charge in [-0.3, -0.25) is 4.79 Å². The monoisotopic (exact) mass is 281 g/mol. The number of amides is 1. The van der Waals surface area contributed by atoms with Gasteiger partial charge in [0.25, 0.3) is 11.7 Å². The van der Waals surface area contributed by atoms with Gasteiger partial charge in [0, 0.05) is 18.5 Å². The maximum Gasteiger partial charge on any atom is 0.337 e. The number of ether oxygens (including phenoxy) is 3. The third-order valence-corrected chi connectivity index (χ3v) is 2.51. The van der Waals surface area contributed by atoms with Gasteiger partial charge in [-0.1, -0.05) is 12.7 Å². The van der Waals surface area contributed by atoms with Crippen LogP contribution in [0.15, 0.2) is 37.1 Å². The Kier molecular flexibility index (Phi) is 6.14. The Balaban J connectivity index is 2.39. The number of hydrogen-bond acceptors (Lipinski definition) is 5. The lowest BCUT2D eigenvalue weighted by atomic mass is 10.1. The Hall–Kier alpha value is -1.92. The number of carbonyl (C=O) groups excluding carboxylic acids is 2. The van der Waals surface area contributed by atoms with E-state index in [1.807, 2.05) is 0 Å². The van der Waals surface area contributed by atoms with Crippen LogP contribution in [0.5, 0.6) is 0 Å². The molecule has 0 aromatic rings. The van der Waals surface area contributed by atoms with Gasteiger partial charge in [0.15, 0.2) is 0 Å². The fourth-order valence-electron chi connectivity index (χ4n) is 1.53. The fraction of sp³-hybridized carbons (Fsp3) is 0.429. The lowest BCUT2D eigenvalue weighted by Crippen LogP contribution is -2.47. The van der Waals surface area contributed by atoms with Crippen LogP contribution in [0, 0.1) is 0 Å². The molecule has 0 saturated carbocycles. The van der Waals surface area contributed by atoms with Crippen molar-refractivity contribution in [1.29, 1.82) is 0 Å². The molecule has 1 heterocycles. The molecule has 0 aliphatic carbocycles. The number of esters is 1. The Morgan fingerprint density at radius 1 is 1.40 bits per heavy atom. The van der Waals surface area contributed by atoms with Crippen LogP contribution >= 0.6 is 0 Å². The zero-order valence-electron chi connectivity index (χ0n) is 11.5. The predicted octanol–water partition coefficient (Wildman–Crippen LogP) is 1.05. The van der Waals surface area contributed by atoms with Crippen LogP contribution in [-0.4, -0.2) is 37.4 Å². The molecule has 1 rings (SSSR count). The van der Waals surface area contributed by atoms with Crippen molar-refractivity contribution < 1.29 is 23.8 Å². The fourth-order valence-corrected chi connectivity index (χ4v) is 1.53. The molecule has 110 valence electrons. The van der Waals surface area contributed by atoms with Gasteiger partial charge in [-0.05, 0) is 13.0 Å². The second-order valence-electron chi connectivity index (χ2n) is 4.21. The van der Waals surface area contributed by atoms with E-state index in [1.54, 1.807) is 13.0 Å². The summed E-state index contributed by atoms with van der Waals surface area (Å²) < 4.78 is 15.4. The minimum atomic E-state index is -1.29. The topological polar surface area (TPSA) is 73.9 Å². The Morgan fingerprint density at radius 3 is 2.60 bits per heavy atom. The number of rotatable bonds is 7. The summed E-state index contributed by atoms with van der Waals surface area (Å²) in [6, 6.07) is 0. The number of hydrogen-bond donors (Lipinski definition) is 1. The van der Waals surface area contributed by atoms with E-state index in [0.29, 0.717) is 18.8 Å². The van der Waals surface area contributed by atoms with E-state index in [9.17, 15) is 9.59 Å². The van der Waals surface area contributed by atoms with Crippen molar-refractivity contribution in [3.05, 3.63) is 37.1 Å².